The summed E-state index contributed by atoms with van der Waals surface area (Å²) in [5.41, 5.74) is 2.53. The first-order valence-corrected chi connectivity index (χ1v) is 10.2. The predicted molar refractivity (Wildman–Crippen MR) is 129 cm³/mol. The van der Waals surface area contributed by atoms with Crippen LogP contribution in [0.5, 0.6) is 11.5 Å². The number of benzene rings is 3. The minimum atomic E-state index is -1.27. The van der Waals surface area contributed by atoms with E-state index in [4.69, 9.17) is 9.47 Å². The number of hydrazone groups is 1. The predicted octanol–water partition coefficient (Wildman–Crippen LogP) is 3.33. The fraction of sp³-hybridized carbons (Fsp3) is 0.0833. The molecule has 3 rings (SSSR count). The molecule has 3 aromatic carbocycles. The first-order chi connectivity index (χ1) is 17.2. The van der Waals surface area contributed by atoms with Crippen LogP contribution >= 0.6 is 0 Å². The number of aromatic carboxylic acids is 1. The van der Waals surface area contributed by atoms with Crippen molar-refractivity contribution >= 4 is 35.4 Å². The van der Waals surface area contributed by atoms with Crippen molar-refractivity contribution in [2.24, 2.45) is 5.10 Å². The van der Waals surface area contributed by atoms with Gasteiger partial charge in [-0.25, -0.2) is 10.2 Å². The Labute approximate surface area is 204 Å². The van der Waals surface area contributed by atoms with Gasteiger partial charge in [-0.1, -0.05) is 12.1 Å². The summed E-state index contributed by atoms with van der Waals surface area (Å²) in [7, 11) is 2.68. The van der Waals surface area contributed by atoms with E-state index in [1.807, 2.05) is 0 Å². The number of amides is 2. The van der Waals surface area contributed by atoms with Gasteiger partial charge >= 0.3 is 5.97 Å². The molecule has 0 aliphatic rings. The number of hydrogen-bond acceptors (Lipinski definition) is 8. The normalized spacial score (nSPS) is 10.5. The zero-order valence-corrected chi connectivity index (χ0v) is 19.1. The Kier molecular flexibility index (Phi) is 7.92. The molecule has 0 spiro atoms. The number of nitrogens with one attached hydrogen (secondary N) is 2. The van der Waals surface area contributed by atoms with Gasteiger partial charge in [0.25, 0.3) is 17.5 Å². The van der Waals surface area contributed by atoms with E-state index in [2.05, 4.69) is 15.8 Å². The van der Waals surface area contributed by atoms with Crippen molar-refractivity contribution in [3.8, 4) is 11.5 Å². The number of hydrogen-bond donors (Lipinski definition) is 3. The van der Waals surface area contributed by atoms with Gasteiger partial charge in [0.1, 0.15) is 5.56 Å². The second-order valence-corrected chi connectivity index (χ2v) is 7.11. The van der Waals surface area contributed by atoms with Crippen molar-refractivity contribution in [1.82, 2.24) is 5.43 Å². The van der Waals surface area contributed by atoms with E-state index in [1.54, 1.807) is 0 Å². The van der Waals surface area contributed by atoms with E-state index in [1.165, 1.54) is 68.8 Å². The smallest absolute Gasteiger partial charge is 0.340 e. The second-order valence-electron chi connectivity index (χ2n) is 7.11. The Morgan fingerprint density at radius 3 is 2.31 bits per heavy atom. The molecule has 0 radical (unpaired) electrons. The number of nitro benzene ring substituents is 1. The topological polar surface area (TPSA) is 169 Å². The molecule has 184 valence electrons. The molecule has 0 aliphatic carbocycles. The van der Waals surface area contributed by atoms with Gasteiger partial charge < -0.3 is 19.9 Å². The Morgan fingerprint density at radius 2 is 1.67 bits per heavy atom. The molecule has 0 saturated carbocycles. The van der Waals surface area contributed by atoms with E-state index in [9.17, 15) is 29.6 Å². The molecule has 0 heterocycles. The van der Waals surface area contributed by atoms with Crippen LogP contribution in [0.25, 0.3) is 0 Å². The third-order valence-electron chi connectivity index (χ3n) is 4.86. The number of nitro groups is 1. The highest BCUT2D eigenvalue weighted by Gasteiger charge is 2.20. The fourth-order valence-electron chi connectivity index (χ4n) is 3.20. The highest BCUT2D eigenvalue weighted by atomic mass is 16.6. The molecule has 0 atom stereocenters. The van der Waals surface area contributed by atoms with Crippen molar-refractivity contribution in [2.45, 2.75) is 0 Å². The standard InChI is InChI=1S/C24H20N4O8/c1-35-19-10-9-16(20(24(31)32)21(19)36-2)13-25-27-23(30)14-5-3-7-17(11-14)26-22(29)15-6-4-8-18(12-15)28(33)34/h3-13H,1-2H3,(H,26,29)(H,27,30)(H,31,32). The van der Waals surface area contributed by atoms with E-state index in [0.717, 1.165) is 12.3 Å². The number of nitrogens with zero attached hydrogens (tertiary/aromatic N) is 2. The van der Waals surface area contributed by atoms with Gasteiger partial charge in [-0.3, -0.25) is 19.7 Å². The minimum Gasteiger partial charge on any atom is -0.493 e. The van der Waals surface area contributed by atoms with Crippen LogP contribution in [-0.2, 0) is 0 Å². The van der Waals surface area contributed by atoms with Crippen LogP contribution in [0.4, 0.5) is 11.4 Å². The molecule has 12 nitrogen and oxygen atoms in total. The van der Waals surface area contributed by atoms with Crippen molar-refractivity contribution in [3.05, 3.63) is 93.0 Å². The maximum atomic E-state index is 12.5. The van der Waals surface area contributed by atoms with Crippen molar-refractivity contribution < 1.29 is 33.9 Å². The van der Waals surface area contributed by atoms with E-state index < -0.39 is 22.7 Å². The Balaban J connectivity index is 1.74. The lowest BCUT2D eigenvalue weighted by molar-refractivity contribution is -0.384. The van der Waals surface area contributed by atoms with Crippen molar-refractivity contribution in [3.63, 3.8) is 0 Å². The third-order valence-corrected chi connectivity index (χ3v) is 4.86. The van der Waals surface area contributed by atoms with E-state index in [-0.39, 0.29) is 45.1 Å². The molecule has 0 unspecified atom stereocenters. The summed E-state index contributed by atoms with van der Waals surface area (Å²) in [6.45, 7) is 0. The lowest BCUT2D eigenvalue weighted by Gasteiger charge is -2.12. The summed E-state index contributed by atoms with van der Waals surface area (Å²) in [4.78, 5) is 47.0. The molecule has 12 heteroatoms. The zero-order chi connectivity index (χ0) is 26.2. The molecular weight excluding hydrogens is 472 g/mol. The Hall–Kier alpha value is -5.26. The average molecular weight is 492 g/mol. The van der Waals surface area contributed by atoms with Crippen LogP contribution in [0.3, 0.4) is 0 Å². The minimum absolute atomic E-state index is 0.00691. The van der Waals surface area contributed by atoms with Crippen molar-refractivity contribution in [2.75, 3.05) is 19.5 Å². The summed E-state index contributed by atoms with van der Waals surface area (Å²) < 4.78 is 10.2. The van der Waals surface area contributed by atoms with E-state index in [0.29, 0.717) is 0 Å². The average Bonchev–Trinajstić information content (AvgIpc) is 2.88. The Morgan fingerprint density at radius 1 is 0.972 bits per heavy atom. The molecule has 3 aromatic rings. The van der Waals surface area contributed by atoms with Crippen LogP contribution in [0.15, 0.2) is 65.8 Å². The first kappa shape index (κ1) is 25.4. The zero-order valence-electron chi connectivity index (χ0n) is 19.1. The monoisotopic (exact) mass is 492 g/mol. The number of anilines is 1. The number of carbonyl (C=O) groups excluding carboxylic acids is 2. The SMILES string of the molecule is COc1ccc(C=NNC(=O)c2cccc(NC(=O)c3cccc([N+](=O)[O-])c3)c2)c(C(=O)O)c1OC. The number of carboxylic acid groups (broad SMARTS) is 1. The highest BCUT2D eigenvalue weighted by molar-refractivity contribution is 6.06. The maximum absolute atomic E-state index is 12.5. The summed E-state index contributed by atoms with van der Waals surface area (Å²) >= 11 is 0. The molecule has 0 saturated heterocycles. The fourth-order valence-corrected chi connectivity index (χ4v) is 3.20. The molecular formula is C24H20N4O8. The molecule has 3 N–H and O–H groups in total. The third kappa shape index (κ3) is 5.80. The van der Waals surface area contributed by atoms with Gasteiger partial charge in [-0.2, -0.15) is 5.10 Å². The first-order valence-electron chi connectivity index (χ1n) is 10.2. The molecule has 0 bridgehead atoms. The quantitative estimate of drug-likeness (QED) is 0.232. The van der Waals surface area contributed by atoms with Gasteiger partial charge in [0.15, 0.2) is 11.5 Å². The van der Waals surface area contributed by atoms with Crippen LogP contribution < -0.4 is 20.2 Å². The molecule has 2 amide bonds. The van der Waals surface area contributed by atoms with Gasteiger partial charge in [-0.15, -0.1) is 0 Å². The molecule has 36 heavy (non-hydrogen) atoms. The lowest BCUT2D eigenvalue weighted by Crippen LogP contribution is -2.19. The van der Waals surface area contributed by atoms with Gasteiger partial charge in [0.2, 0.25) is 0 Å². The highest BCUT2D eigenvalue weighted by Crippen LogP contribution is 2.32. The maximum Gasteiger partial charge on any atom is 0.340 e. The lowest BCUT2D eigenvalue weighted by atomic mass is 10.1. The summed E-state index contributed by atoms with van der Waals surface area (Å²) in [5.74, 6) is -2.27. The molecule has 0 fully saturated rings. The Bertz CT molecular complexity index is 1370. The number of non-ortho nitro benzene ring substituents is 1. The van der Waals surface area contributed by atoms with Gasteiger partial charge in [-0.05, 0) is 36.4 Å². The number of carboxylic acids is 1. The van der Waals surface area contributed by atoms with Crippen molar-refractivity contribution in [1.29, 1.82) is 0 Å². The number of ether oxygens (including phenoxy) is 2. The van der Waals surface area contributed by atoms with Crippen LogP contribution in [0.1, 0.15) is 36.6 Å². The molecule has 0 aliphatic heterocycles. The summed E-state index contributed by atoms with van der Waals surface area (Å²) in [6, 6.07) is 14.1. The number of rotatable bonds is 9. The largest absolute Gasteiger partial charge is 0.493 e. The second kappa shape index (κ2) is 11.2. The van der Waals surface area contributed by atoms with Crippen LogP contribution in [0, 0.1) is 10.1 Å². The van der Waals surface area contributed by atoms with E-state index >= 15 is 0 Å². The van der Waals surface area contributed by atoms with Gasteiger partial charge in [0.05, 0.1) is 25.4 Å². The number of methoxy groups -OCH3 is 2. The summed E-state index contributed by atoms with van der Waals surface area (Å²) in [5, 5.41) is 26.9. The molecule has 0 aromatic heterocycles. The van der Waals surface area contributed by atoms with Crippen LogP contribution in [-0.4, -0.2) is 48.2 Å². The number of carbonyl (C=O) groups is 3. The van der Waals surface area contributed by atoms with Gasteiger partial charge in [0, 0.05) is 34.5 Å². The van der Waals surface area contributed by atoms with Crippen LogP contribution in [0.2, 0.25) is 0 Å². The summed E-state index contributed by atoms with van der Waals surface area (Å²) in [6.07, 6.45) is 1.15.